The van der Waals surface area contributed by atoms with E-state index in [2.05, 4.69) is 16.0 Å². The van der Waals surface area contributed by atoms with Crippen LogP contribution in [0.3, 0.4) is 0 Å². The molecule has 0 aromatic rings. The number of carbonyl (C=O) groups is 3. The quantitative estimate of drug-likeness (QED) is 0.472. The van der Waals surface area contributed by atoms with Gasteiger partial charge in [0.1, 0.15) is 11.6 Å². The van der Waals surface area contributed by atoms with Gasteiger partial charge in [-0.25, -0.2) is 9.59 Å². The number of hydrogen-bond acceptors (Lipinski definition) is 5. The van der Waals surface area contributed by atoms with Crippen LogP contribution in [-0.2, 0) is 14.3 Å². The summed E-state index contributed by atoms with van der Waals surface area (Å²) in [5.74, 6) is -1.74. The van der Waals surface area contributed by atoms with E-state index in [1.54, 1.807) is 20.8 Å². The van der Waals surface area contributed by atoms with Crippen molar-refractivity contribution < 1.29 is 24.2 Å². The second-order valence-corrected chi connectivity index (χ2v) is 5.44. The molecule has 0 saturated carbocycles. The molecule has 0 heterocycles. The Morgan fingerprint density at radius 3 is 2.29 bits per heavy atom. The highest BCUT2D eigenvalue weighted by Gasteiger charge is 2.25. The van der Waals surface area contributed by atoms with Crippen molar-refractivity contribution >= 4 is 18.0 Å². The summed E-state index contributed by atoms with van der Waals surface area (Å²) in [5.41, 5.74) is -0.735. The van der Waals surface area contributed by atoms with Crippen LogP contribution in [0.2, 0.25) is 0 Å². The first-order valence-corrected chi connectivity index (χ1v) is 6.85. The molecule has 0 aliphatic heterocycles. The first-order valence-electron chi connectivity index (χ1n) is 6.85. The van der Waals surface area contributed by atoms with E-state index in [1.165, 1.54) is 0 Å². The maximum Gasteiger partial charge on any atom is 0.408 e. The lowest BCUT2D eigenvalue weighted by Crippen LogP contribution is -2.46. The van der Waals surface area contributed by atoms with Gasteiger partial charge in [-0.1, -0.05) is 6.92 Å². The fourth-order valence-electron chi connectivity index (χ4n) is 1.37. The Labute approximate surface area is 124 Å². The molecule has 0 spiro atoms. The van der Waals surface area contributed by atoms with E-state index >= 15 is 0 Å². The Morgan fingerprint density at radius 2 is 1.81 bits per heavy atom. The number of nitrogens with one attached hydrogen (secondary N) is 3. The molecule has 0 aromatic carbocycles. The predicted molar refractivity (Wildman–Crippen MR) is 77.0 cm³/mol. The van der Waals surface area contributed by atoms with Gasteiger partial charge in [0.2, 0.25) is 5.91 Å². The third kappa shape index (κ3) is 10.6. The lowest BCUT2D eigenvalue weighted by molar-refractivity contribution is -0.141. The molecular weight excluding hydrogens is 278 g/mol. The van der Waals surface area contributed by atoms with Crippen LogP contribution in [0.25, 0.3) is 0 Å². The Morgan fingerprint density at radius 1 is 1.19 bits per heavy atom. The van der Waals surface area contributed by atoms with Crippen molar-refractivity contribution in [2.75, 3.05) is 19.6 Å². The van der Waals surface area contributed by atoms with Gasteiger partial charge in [0.05, 0.1) is 6.42 Å². The SMILES string of the molecule is CCNCCNC(=O)CC(NC(=O)OC(C)(C)C)C(=O)O. The molecule has 2 amide bonds. The van der Waals surface area contributed by atoms with Crippen LogP contribution in [0.4, 0.5) is 4.79 Å². The second kappa shape index (κ2) is 9.17. The average molecular weight is 303 g/mol. The summed E-state index contributed by atoms with van der Waals surface area (Å²) in [4.78, 5) is 34.2. The molecular formula is C13H25N3O5. The van der Waals surface area contributed by atoms with Crippen molar-refractivity contribution in [3.8, 4) is 0 Å². The number of aliphatic carboxylic acids is 1. The van der Waals surface area contributed by atoms with Gasteiger partial charge in [0, 0.05) is 13.1 Å². The highest BCUT2D eigenvalue weighted by atomic mass is 16.6. The van der Waals surface area contributed by atoms with E-state index in [9.17, 15) is 14.4 Å². The Bertz CT molecular complexity index is 365. The van der Waals surface area contributed by atoms with E-state index in [-0.39, 0.29) is 6.42 Å². The van der Waals surface area contributed by atoms with Crippen LogP contribution < -0.4 is 16.0 Å². The number of hydrogen-bond donors (Lipinski definition) is 4. The van der Waals surface area contributed by atoms with E-state index in [4.69, 9.17) is 9.84 Å². The largest absolute Gasteiger partial charge is 0.480 e. The van der Waals surface area contributed by atoms with Gasteiger partial charge < -0.3 is 25.8 Å². The van der Waals surface area contributed by atoms with Gasteiger partial charge in [0.15, 0.2) is 0 Å². The molecule has 8 nitrogen and oxygen atoms in total. The summed E-state index contributed by atoms with van der Waals surface area (Å²) in [7, 11) is 0. The number of alkyl carbamates (subject to hydrolysis) is 1. The zero-order valence-corrected chi connectivity index (χ0v) is 13.0. The summed E-state index contributed by atoms with van der Waals surface area (Å²) in [6, 6.07) is -1.32. The van der Waals surface area contributed by atoms with Crippen molar-refractivity contribution in [3.05, 3.63) is 0 Å². The average Bonchev–Trinajstić information content (AvgIpc) is 2.31. The van der Waals surface area contributed by atoms with Crippen LogP contribution in [-0.4, -0.2) is 54.4 Å². The summed E-state index contributed by atoms with van der Waals surface area (Å²) in [6.07, 6.45) is -1.21. The maximum absolute atomic E-state index is 11.6. The minimum absolute atomic E-state index is 0.347. The fraction of sp³-hybridized carbons (Fsp3) is 0.769. The molecule has 8 heteroatoms. The molecule has 0 radical (unpaired) electrons. The zero-order chi connectivity index (χ0) is 16.5. The van der Waals surface area contributed by atoms with Gasteiger partial charge in [-0.15, -0.1) is 0 Å². The summed E-state index contributed by atoms with van der Waals surface area (Å²) < 4.78 is 4.96. The topological polar surface area (TPSA) is 117 Å². The van der Waals surface area contributed by atoms with Gasteiger partial charge in [-0.05, 0) is 27.3 Å². The number of likely N-dealkylation sites (N-methyl/N-ethyl adjacent to an activating group) is 1. The third-order valence-electron chi connectivity index (χ3n) is 2.25. The van der Waals surface area contributed by atoms with Crippen LogP contribution in [0, 0.1) is 0 Å². The van der Waals surface area contributed by atoms with Gasteiger partial charge >= 0.3 is 12.1 Å². The molecule has 21 heavy (non-hydrogen) atoms. The molecule has 0 aromatic heterocycles. The molecule has 1 unspecified atom stereocenters. The normalized spacial score (nSPS) is 12.4. The van der Waals surface area contributed by atoms with Crippen LogP contribution >= 0.6 is 0 Å². The molecule has 4 N–H and O–H groups in total. The fourth-order valence-corrected chi connectivity index (χ4v) is 1.37. The van der Waals surface area contributed by atoms with Gasteiger partial charge in [-0.2, -0.15) is 0 Å². The zero-order valence-electron chi connectivity index (χ0n) is 13.0. The van der Waals surface area contributed by atoms with E-state index in [1.807, 2.05) is 6.92 Å². The molecule has 0 aliphatic carbocycles. The number of carboxylic acid groups (broad SMARTS) is 1. The predicted octanol–water partition coefficient (Wildman–Crippen LogP) is 0.0801. The van der Waals surface area contributed by atoms with Crippen molar-refractivity contribution in [1.29, 1.82) is 0 Å². The summed E-state index contributed by atoms with van der Waals surface area (Å²) >= 11 is 0. The maximum atomic E-state index is 11.6. The lowest BCUT2D eigenvalue weighted by Gasteiger charge is -2.21. The van der Waals surface area contributed by atoms with Gasteiger partial charge in [0.25, 0.3) is 0 Å². The Kier molecular flexibility index (Phi) is 8.37. The summed E-state index contributed by atoms with van der Waals surface area (Å²) in [5, 5.41) is 16.8. The molecule has 0 rings (SSSR count). The van der Waals surface area contributed by atoms with E-state index in [0.717, 1.165) is 6.54 Å². The summed E-state index contributed by atoms with van der Waals surface area (Å²) in [6.45, 7) is 8.70. The monoisotopic (exact) mass is 303 g/mol. The van der Waals surface area contributed by atoms with E-state index < -0.39 is 29.6 Å². The van der Waals surface area contributed by atoms with Crippen molar-refractivity contribution in [3.63, 3.8) is 0 Å². The van der Waals surface area contributed by atoms with Gasteiger partial charge in [-0.3, -0.25) is 4.79 Å². The van der Waals surface area contributed by atoms with Crippen molar-refractivity contribution in [2.45, 2.75) is 45.8 Å². The smallest absolute Gasteiger partial charge is 0.408 e. The lowest BCUT2D eigenvalue weighted by atomic mass is 10.2. The first kappa shape index (κ1) is 19.2. The standard InChI is InChI=1S/C13H25N3O5/c1-5-14-6-7-15-10(17)8-9(11(18)19)16-12(20)21-13(2,3)4/h9,14H,5-8H2,1-4H3,(H,15,17)(H,16,20)(H,18,19). The number of amides is 2. The molecule has 1 atom stereocenters. The first-order chi connectivity index (χ1) is 9.65. The highest BCUT2D eigenvalue weighted by Crippen LogP contribution is 2.07. The number of ether oxygens (including phenoxy) is 1. The highest BCUT2D eigenvalue weighted by molar-refractivity contribution is 5.87. The molecule has 0 aliphatic rings. The van der Waals surface area contributed by atoms with Crippen LogP contribution in [0.5, 0.6) is 0 Å². The molecule has 0 fully saturated rings. The van der Waals surface area contributed by atoms with Crippen LogP contribution in [0.15, 0.2) is 0 Å². The number of rotatable bonds is 8. The van der Waals surface area contributed by atoms with Crippen molar-refractivity contribution in [2.24, 2.45) is 0 Å². The number of carbonyl (C=O) groups excluding carboxylic acids is 2. The van der Waals surface area contributed by atoms with Crippen LogP contribution in [0.1, 0.15) is 34.1 Å². The van der Waals surface area contributed by atoms with Crippen molar-refractivity contribution in [1.82, 2.24) is 16.0 Å². The minimum Gasteiger partial charge on any atom is -0.480 e. The molecule has 0 saturated heterocycles. The minimum atomic E-state index is -1.32. The van der Waals surface area contributed by atoms with E-state index in [0.29, 0.717) is 13.1 Å². The molecule has 122 valence electrons. The third-order valence-corrected chi connectivity index (χ3v) is 2.25. The Hall–Kier alpha value is -1.83. The Balaban J connectivity index is 4.27. The number of carboxylic acids is 1. The second-order valence-electron chi connectivity index (χ2n) is 5.44. The molecule has 0 bridgehead atoms.